The van der Waals surface area contributed by atoms with Crippen LogP contribution in [0.15, 0.2) is 12.1 Å². The molecule has 7 nitrogen and oxygen atoms in total. The molecular weight excluding hydrogens is 383 g/mol. The van der Waals surface area contributed by atoms with E-state index in [1.165, 1.54) is 19.2 Å². The lowest BCUT2D eigenvalue weighted by Crippen LogP contribution is -2.47. The molecule has 0 spiro atoms. The second-order valence-corrected chi connectivity index (χ2v) is 7.10. The molecule has 1 aliphatic rings. The minimum Gasteiger partial charge on any atom is -0.467 e. The smallest absolute Gasteiger partial charge is 0.328 e. The van der Waals surface area contributed by atoms with Crippen molar-refractivity contribution < 1.29 is 23.9 Å². The van der Waals surface area contributed by atoms with Crippen molar-refractivity contribution in [2.24, 2.45) is 5.92 Å². The standard InChI is InChI=1S/C17H18Cl2N2O5/c1-8(2)4-13(17(25)26-3)20-14(22)7-21-15(23)9-5-11(18)12(19)6-10(9)16(21)24/h5-6,8,13H,4,7H2,1-3H3,(H,20,22)/t13-/m1/s1. The number of nitrogens with zero attached hydrogens (tertiary/aromatic N) is 1. The highest BCUT2D eigenvalue weighted by atomic mass is 35.5. The number of imide groups is 1. The molecule has 0 unspecified atom stereocenters. The Morgan fingerprint density at radius 3 is 2.04 bits per heavy atom. The number of nitrogens with one attached hydrogen (secondary N) is 1. The molecule has 3 amide bonds. The Bertz CT molecular complexity index is 738. The number of hydrogen-bond acceptors (Lipinski definition) is 5. The van der Waals surface area contributed by atoms with Crippen LogP contribution >= 0.6 is 23.2 Å². The number of amides is 3. The highest BCUT2D eigenvalue weighted by molar-refractivity contribution is 6.43. The fourth-order valence-corrected chi connectivity index (χ4v) is 2.97. The van der Waals surface area contributed by atoms with Crippen LogP contribution in [0, 0.1) is 5.92 Å². The summed E-state index contributed by atoms with van der Waals surface area (Å²) in [7, 11) is 1.22. The Labute approximate surface area is 160 Å². The second kappa shape index (κ2) is 8.05. The molecule has 1 aromatic carbocycles. The molecule has 0 bridgehead atoms. The zero-order valence-corrected chi connectivity index (χ0v) is 16.0. The van der Waals surface area contributed by atoms with Crippen molar-refractivity contribution in [3.63, 3.8) is 0 Å². The summed E-state index contributed by atoms with van der Waals surface area (Å²) in [5, 5.41) is 2.78. The van der Waals surface area contributed by atoms with E-state index in [4.69, 9.17) is 23.2 Å². The maximum atomic E-state index is 12.4. The molecule has 2 rings (SSSR count). The minimum absolute atomic E-state index is 0.0869. The number of carbonyl (C=O) groups is 4. The number of benzene rings is 1. The summed E-state index contributed by atoms with van der Waals surface area (Å²) in [6.07, 6.45) is 0.367. The van der Waals surface area contributed by atoms with E-state index in [0.29, 0.717) is 6.42 Å². The molecule has 140 valence electrons. The van der Waals surface area contributed by atoms with E-state index < -0.39 is 36.3 Å². The van der Waals surface area contributed by atoms with Crippen LogP contribution in [0.5, 0.6) is 0 Å². The average molecular weight is 401 g/mol. The minimum atomic E-state index is -0.855. The monoisotopic (exact) mass is 400 g/mol. The highest BCUT2D eigenvalue weighted by Gasteiger charge is 2.38. The Hall–Kier alpha value is -2.12. The average Bonchev–Trinajstić information content (AvgIpc) is 2.78. The van der Waals surface area contributed by atoms with E-state index in [1.807, 2.05) is 13.8 Å². The third-order valence-electron chi connectivity index (χ3n) is 3.84. The van der Waals surface area contributed by atoms with E-state index >= 15 is 0 Å². The first kappa shape index (κ1) is 20.2. The molecule has 1 heterocycles. The Morgan fingerprint density at radius 2 is 1.62 bits per heavy atom. The summed E-state index contributed by atoms with van der Waals surface area (Å²) >= 11 is 11.8. The fraction of sp³-hybridized carbons (Fsp3) is 0.412. The van der Waals surface area contributed by atoms with Gasteiger partial charge in [-0.3, -0.25) is 19.3 Å². The Morgan fingerprint density at radius 1 is 1.12 bits per heavy atom. The SMILES string of the molecule is COC(=O)[C@@H](CC(C)C)NC(=O)CN1C(=O)c2cc(Cl)c(Cl)cc2C1=O. The van der Waals surface area contributed by atoms with E-state index in [2.05, 4.69) is 10.1 Å². The third-order valence-corrected chi connectivity index (χ3v) is 4.56. The van der Waals surface area contributed by atoms with Gasteiger partial charge in [0.15, 0.2) is 0 Å². The lowest BCUT2D eigenvalue weighted by Gasteiger charge is -2.20. The van der Waals surface area contributed by atoms with Gasteiger partial charge >= 0.3 is 5.97 Å². The van der Waals surface area contributed by atoms with Crippen molar-refractivity contribution in [3.8, 4) is 0 Å². The number of carbonyl (C=O) groups excluding carboxylic acids is 4. The first-order valence-electron chi connectivity index (χ1n) is 7.88. The maximum absolute atomic E-state index is 12.4. The molecule has 0 fully saturated rings. The summed E-state index contributed by atoms with van der Waals surface area (Å²) in [4.78, 5) is 49.6. The van der Waals surface area contributed by atoms with Gasteiger partial charge < -0.3 is 10.1 Å². The van der Waals surface area contributed by atoms with Gasteiger partial charge in [-0.2, -0.15) is 0 Å². The van der Waals surface area contributed by atoms with Gasteiger partial charge in [-0.1, -0.05) is 37.0 Å². The molecule has 1 atom stereocenters. The summed E-state index contributed by atoms with van der Waals surface area (Å²) in [5.74, 6) is -2.39. The molecule has 1 N–H and O–H groups in total. The summed E-state index contributed by atoms with van der Waals surface area (Å²) in [5.41, 5.74) is 0.174. The summed E-state index contributed by atoms with van der Waals surface area (Å²) in [6.45, 7) is 3.26. The van der Waals surface area contributed by atoms with Crippen molar-refractivity contribution in [2.75, 3.05) is 13.7 Å². The molecule has 26 heavy (non-hydrogen) atoms. The molecule has 0 saturated carbocycles. The van der Waals surface area contributed by atoms with Crippen molar-refractivity contribution in [1.29, 1.82) is 0 Å². The quantitative estimate of drug-likeness (QED) is 0.583. The lowest BCUT2D eigenvalue weighted by molar-refractivity contribution is -0.145. The molecule has 0 aliphatic carbocycles. The normalized spacial score (nSPS) is 14.5. The lowest BCUT2D eigenvalue weighted by atomic mass is 10.0. The van der Waals surface area contributed by atoms with E-state index in [9.17, 15) is 19.2 Å². The Balaban J connectivity index is 2.13. The van der Waals surface area contributed by atoms with Gasteiger partial charge in [0.25, 0.3) is 11.8 Å². The maximum Gasteiger partial charge on any atom is 0.328 e. The van der Waals surface area contributed by atoms with Crippen LogP contribution in [-0.4, -0.2) is 48.3 Å². The first-order chi connectivity index (χ1) is 12.1. The number of esters is 1. The second-order valence-electron chi connectivity index (χ2n) is 6.28. The van der Waals surface area contributed by atoms with Gasteiger partial charge in [-0.05, 0) is 24.5 Å². The van der Waals surface area contributed by atoms with E-state index in [0.717, 1.165) is 4.90 Å². The number of fused-ring (bicyclic) bond motifs is 1. The van der Waals surface area contributed by atoms with E-state index in [-0.39, 0.29) is 27.1 Å². The van der Waals surface area contributed by atoms with Crippen LogP contribution in [0.2, 0.25) is 10.0 Å². The van der Waals surface area contributed by atoms with Crippen LogP contribution in [0.25, 0.3) is 0 Å². The van der Waals surface area contributed by atoms with Gasteiger partial charge in [-0.15, -0.1) is 0 Å². The first-order valence-corrected chi connectivity index (χ1v) is 8.63. The number of rotatable bonds is 6. The van der Waals surface area contributed by atoms with Crippen LogP contribution in [-0.2, 0) is 14.3 Å². The number of methoxy groups -OCH3 is 1. The van der Waals surface area contributed by atoms with Crippen LogP contribution in [0.1, 0.15) is 41.0 Å². The van der Waals surface area contributed by atoms with E-state index in [1.54, 1.807) is 0 Å². The molecule has 0 aromatic heterocycles. The van der Waals surface area contributed by atoms with Gasteiger partial charge in [0.2, 0.25) is 5.91 Å². The van der Waals surface area contributed by atoms with Gasteiger partial charge in [0.1, 0.15) is 12.6 Å². The topological polar surface area (TPSA) is 92.8 Å². The predicted octanol–water partition coefficient (Wildman–Crippen LogP) is 2.29. The van der Waals surface area contributed by atoms with Gasteiger partial charge in [-0.25, -0.2) is 4.79 Å². The fourth-order valence-electron chi connectivity index (χ4n) is 2.64. The zero-order chi connectivity index (χ0) is 19.6. The Kier molecular flexibility index (Phi) is 6.26. The number of ether oxygens (including phenoxy) is 1. The van der Waals surface area contributed by atoms with Crippen molar-refractivity contribution in [2.45, 2.75) is 26.3 Å². The zero-order valence-electron chi connectivity index (χ0n) is 14.5. The van der Waals surface area contributed by atoms with Crippen molar-refractivity contribution >= 4 is 46.9 Å². The van der Waals surface area contributed by atoms with Crippen molar-refractivity contribution in [1.82, 2.24) is 10.2 Å². The molecule has 1 aliphatic heterocycles. The van der Waals surface area contributed by atoms with Crippen LogP contribution < -0.4 is 5.32 Å². The summed E-state index contributed by atoms with van der Waals surface area (Å²) < 4.78 is 4.67. The van der Waals surface area contributed by atoms with Crippen molar-refractivity contribution in [3.05, 3.63) is 33.3 Å². The largest absolute Gasteiger partial charge is 0.467 e. The molecule has 0 saturated heterocycles. The van der Waals surface area contributed by atoms with Gasteiger partial charge in [0, 0.05) is 0 Å². The number of halogens is 2. The highest BCUT2D eigenvalue weighted by Crippen LogP contribution is 2.31. The number of hydrogen-bond donors (Lipinski definition) is 1. The summed E-state index contributed by atoms with van der Waals surface area (Å²) in [6, 6.07) is 1.74. The van der Waals surface area contributed by atoms with Gasteiger partial charge in [0.05, 0.1) is 28.3 Å². The predicted molar refractivity (Wildman–Crippen MR) is 95.2 cm³/mol. The third kappa shape index (κ3) is 4.16. The molecule has 9 heteroatoms. The molecular formula is C17H18Cl2N2O5. The van der Waals surface area contributed by atoms with Crippen LogP contribution in [0.3, 0.4) is 0 Å². The van der Waals surface area contributed by atoms with Crippen LogP contribution in [0.4, 0.5) is 0 Å². The molecule has 0 radical (unpaired) electrons. The molecule has 1 aromatic rings.